The molecule has 0 saturated carbocycles. The summed E-state index contributed by atoms with van der Waals surface area (Å²) in [5.74, 6) is 6.88. The number of aliphatic imine (C=N–C) groups is 1. The summed E-state index contributed by atoms with van der Waals surface area (Å²) in [6.07, 6.45) is 2.10. The van der Waals surface area contributed by atoms with E-state index in [1.807, 2.05) is 56.5 Å². The molecule has 0 aliphatic carbocycles. The lowest BCUT2D eigenvalue weighted by atomic mass is 10.1. The maximum atomic E-state index is 13.3. The Hall–Kier alpha value is -3.66. The average Bonchev–Trinajstić information content (AvgIpc) is 2.73. The number of nitrogen functional groups attached to an aromatic ring is 1. The zero-order valence-electron chi connectivity index (χ0n) is 18.7. The van der Waals surface area contributed by atoms with E-state index in [2.05, 4.69) is 32.1 Å². The van der Waals surface area contributed by atoms with Crippen molar-refractivity contribution in [1.82, 2.24) is 14.5 Å². The van der Waals surface area contributed by atoms with Gasteiger partial charge in [-0.05, 0) is 43.7 Å². The first-order chi connectivity index (χ1) is 14.9. The van der Waals surface area contributed by atoms with Crippen molar-refractivity contribution in [1.29, 1.82) is 0 Å². The molecular formula is C24H28N6O. The van der Waals surface area contributed by atoms with Gasteiger partial charge in [-0.15, -0.1) is 0 Å². The number of nitrogens with two attached hydrogens (primary N) is 1. The van der Waals surface area contributed by atoms with Gasteiger partial charge in [0.15, 0.2) is 0 Å². The summed E-state index contributed by atoms with van der Waals surface area (Å²) in [5, 5.41) is 5.00. The summed E-state index contributed by atoms with van der Waals surface area (Å²) in [5.41, 5.74) is 9.07. The van der Waals surface area contributed by atoms with E-state index in [0.29, 0.717) is 35.9 Å². The second-order valence-corrected chi connectivity index (χ2v) is 7.51. The molecule has 3 rings (SSSR count). The number of rotatable bonds is 5. The summed E-state index contributed by atoms with van der Waals surface area (Å²) in [4.78, 5) is 26.0. The molecule has 2 aromatic heterocycles. The van der Waals surface area contributed by atoms with Crippen LogP contribution in [0, 0.1) is 18.8 Å². The Balaban J connectivity index is 2.07. The van der Waals surface area contributed by atoms with E-state index in [4.69, 9.17) is 5.73 Å². The summed E-state index contributed by atoms with van der Waals surface area (Å²) >= 11 is 0. The number of anilines is 2. The fourth-order valence-corrected chi connectivity index (χ4v) is 3.65. The number of nitrogens with one attached hydrogen (secondary N) is 1. The molecule has 0 spiro atoms. The maximum Gasteiger partial charge on any atom is 0.259 e. The number of aryl methyl sites for hydroxylation is 1. The molecular weight excluding hydrogens is 388 g/mol. The van der Waals surface area contributed by atoms with Crippen LogP contribution in [0.15, 0.2) is 40.4 Å². The molecule has 0 bridgehead atoms. The summed E-state index contributed by atoms with van der Waals surface area (Å²) in [6.45, 7) is 8.33. The quantitative estimate of drug-likeness (QED) is 0.488. The zero-order valence-corrected chi connectivity index (χ0v) is 18.7. The molecule has 0 fully saturated rings. The topological polar surface area (TPSA) is 98.2 Å². The summed E-state index contributed by atoms with van der Waals surface area (Å²) in [7, 11) is 1.66. The van der Waals surface area contributed by atoms with Crippen LogP contribution in [0.25, 0.3) is 10.8 Å². The van der Waals surface area contributed by atoms with Crippen molar-refractivity contribution in [2.45, 2.75) is 46.7 Å². The first-order valence-electron chi connectivity index (χ1n) is 10.3. The van der Waals surface area contributed by atoms with E-state index in [9.17, 15) is 4.79 Å². The number of pyridine rings is 1. The highest BCUT2D eigenvalue weighted by Gasteiger charge is 2.17. The first-order valence-corrected chi connectivity index (χ1v) is 10.3. The second kappa shape index (κ2) is 9.43. The van der Waals surface area contributed by atoms with E-state index in [1.165, 1.54) is 6.33 Å². The second-order valence-electron chi connectivity index (χ2n) is 7.51. The molecule has 3 aromatic rings. The Kier molecular flexibility index (Phi) is 6.71. The van der Waals surface area contributed by atoms with Crippen molar-refractivity contribution in [2.24, 2.45) is 4.99 Å². The number of hydrogen-bond acceptors (Lipinski definition) is 6. The van der Waals surface area contributed by atoms with Gasteiger partial charge >= 0.3 is 0 Å². The monoisotopic (exact) mass is 416 g/mol. The fourth-order valence-electron chi connectivity index (χ4n) is 3.65. The Morgan fingerprint density at radius 3 is 2.77 bits per heavy atom. The molecule has 2 heterocycles. The molecule has 0 aliphatic heterocycles. The van der Waals surface area contributed by atoms with Crippen molar-refractivity contribution < 1.29 is 0 Å². The molecule has 3 N–H and O–H groups in total. The normalized spacial score (nSPS) is 11.5. The molecule has 0 radical (unpaired) electrons. The van der Waals surface area contributed by atoms with Crippen LogP contribution in [-0.4, -0.2) is 27.3 Å². The SMILES string of the molecule is CCC#CC(=NC)c1c(N)ncnc1NCc1cc2cccc(C)c2c(=O)n1C(C)C. The molecule has 160 valence electrons. The minimum Gasteiger partial charge on any atom is -0.383 e. The van der Waals surface area contributed by atoms with E-state index >= 15 is 0 Å². The highest BCUT2D eigenvalue weighted by molar-refractivity contribution is 6.18. The minimum atomic E-state index is 0.00595. The Labute approximate surface area is 182 Å². The van der Waals surface area contributed by atoms with Crippen molar-refractivity contribution in [3.63, 3.8) is 0 Å². The van der Waals surface area contributed by atoms with Gasteiger partial charge in [0.05, 0.1) is 17.5 Å². The van der Waals surface area contributed by atoms with Crippen LogP contribution >= 0.6 is 0 Å². The number of hydrogen-bond donors (Lipinski definition) is 2. The highest BCUT2D eigenvalue weighted by atomic mass is 16.1. The van der Waals surface area contributed by atoms with Gasteiger partial charge in [0.25, 0.3) is 5.56 Å². The first kappa shape index (κ1) is 22.0. The third-order valence-corrected chi connectivity index (χ3v) is 5.04. The molecule has 1 aromatic carbocycles. The van der Waals surface area contributed by atoms with Gasteiger partial charge in [-0.1, -0.05) is 31.0 Å². The zero-order chi connectivity index (χ0) is 22.5. The molecule has 0 amide bonds. The predicted octanol–water partition coefficient (Wildman–Crippen LogP) is 3.71. The van der Waals surface area contributed by atoms with Gasteiger partial charge in [-0.3, -0.25) is 9.79 Å². The van der Waals surface area contributed by atoms with Crippen LogP contribution in [0.1, 0.15) is 50.1 Å². The minimum absolute atomic E-state index is 0.00595. The van der Waals surface area contributed by atoms with Crippen LogP contribution < -0.4 is 16.6 Å². The molecule has 0 unspecified atom stereocenters. The molecule has 7 heteroatoms. The Bertz CT molecular complexity index is 1260. The number of aromatic nitrogens is 3. The summed E-state index contributed by atoms with van der Waals surface area (Å²) in [6, 6.07) is 7.95. The van der Waals surface area contributed by atoms with Crippen LogP contribution in [0.2, 0.25) is 0 Å². The Morgan fingerprint density at radius 1 is 1.32 bits per heavy atom. The van der Waals surface area contributed by atoms with Gasteiger partial charge in [0.1, 0.15) is 23.7 Å². The number of benzene rings is 1. The van der Waals surface area contributed by atoms with Crippen LogP contribution in [0.5, 0.6) is 0 Å². The largest absolute Gasteiger partial charge is 0.383 e. The van der Waals surface area contributed by atoms with Crippen LogP contribution in [0.3, 0.4) is 0 Å². The van der Waals surface area contributed by atoms with Crippen molar-refractivity contribution in [3.05, 3.63) is 57.8 Å². The lowest BCUT2D eigenvalue weighted by molar-refractivity contribution is 0.558. The van der Waals surface area contributed by atoms with E-state index in [0.717, 1.165) is 22.0 Å². The third kappa shape index (κ3) is 4.43. The third-order valence-electron chi connectivity index (χ3n) is 5.04. The molecule has 0 aliphatic rings. The van der Waals surface area contributed by atoms with Gasteiger partial charge < -0.3 is 15.6 Å². The standard InChI is InChI=1S/C24H28N6O/c1-6-7-11-19(26-5)21-22(25)28-14-29-23(21)27-13-18-12-17-10-8-9-16(4)20(17)24(31)30(18)15(2)3/h8-10,12,14-15H,6,13H2,1-5H3,(H3,25,27,28,29). The molecule has 0 atom stereocenters. The van der Waals surface area contributed by atoms with Crippen molar-refractivity contribution in [2.75, 3.05) is 18.1 Å². The van der Waals surface area contributed by atoms with E-state index in [-0.39, 0.29) is 11.6 Å². The average molecular weight is 417 g/mol. The predicted molar refractivity (Wildman–Crippen MR) is 128 cm³/mol. The molecule has 31 heavy (non-hydrogen) atoms. The molecule has 7 nitrogen and oxygen atoms in total. The van der Waals surface area contributed by atoms with Crippen LogP contribution in [-0.2, 0) is 6.54 Å². The maximum absolute atomic E-state index is 13.3. The van der Waals surface area contributed by atoms with Crippen LogP contribution in [0.4, 0.5) is 11.6 Å². The van der Waals surface area contributed by atoms with E-state index in [1.54, 1.807) is 7.05 Å². The van der Waals surface area contributed by atoms with Crippen molar-refractivity contribution >= 4 is 28.1 Å². The number of nitrogens with zero attached hydrogens (tertiary/aromatic N) is 4. The number of fused-ring (bicyclic) bond motifs is 1. The lowest BCUT2D eigenvalue weighted by Crippen LogP contribution is -2.27. The van der Waals surface area contributed by atoms with Crippen molar-refractivity contribution in [3.8, 4) is 11.8 Å². The van der Waals surface area contributed by atoms with Gasteiger partial charge in [0, 0.05) is 25.2 Å². The fraction of sp³-hybridized carbons (Fsp3) is 0.333. The van der Waals surface area contributed by atoms with E-state index < -0.39 is 0 Å². The highest BCUT2D eigenvalue weighted by Crippen LogP contribution is 2.22. The lowest BCUT2D eigenvalue weighted by Gasteiger charge is -2.19. The molecule has 0 saturated heterocycles. The van der Waals surface area contributed by atoms with Gasteiger partial charge in [0.2, 0.25) is 0 Å². The smallest absolute Gasteiger partial charge is 0.259 e. The summed E-state index contributed by atoms with van der Waals surface area (Å²) < 4.78 is 1.82. The van der Waals surface area contributed by atoms with Gasteiger partial charge in [-0.2, -0.15) is 0 Å². The Morgan fingerprint density at radius 2 is 2.10 bits per heavy atom. The van der Waals surface area contributed by atoms with Gasteiger partial charge in [-0.25, -0.2) is 9.97 Å².